The highest BCUT2D eigenvalue weighted by Crippen LogP contribution is 2.24. The van der Waals surface area contributed by atoms with Gasteiger partial charge in [-0.05, 0) is 32.7 Å². The Kier molecular flexibility index (Phi) is 5.83. The minimum Gasteiger partial charge on any atom is -0.339 e. The summed E-state index contributed by atoms with van der Waals surface area (Å²) in [5.74, 6) is 2.50. The fourth-order valence-corrected chi connectivity index (χ4v) is 2.94. The largest absolute Gasteiger partial charge is 0.339 e. The summed E-state index contributed by atoms with van der Waals surface area (Å²) in [5, 5.41) is 11.0. The fraction of sp³-hybridized carbons (Fsp3) is 0.867. The molecule has 5 nitrogen and oxygen atoms in total. The summed E-state index contributed by atoms with van der Waals surface area (Å²) in [7, 11) is 2.05. The van der Waals surface area contributed by atoms with Crippen LogP contribution in [-0.2, 0) is 0 Å². The maximum absolute atomic E-state index is 4.75. The average molecular weight is 279 g/mol. The number of aromatic nitrogens is 3. The lowest BCUT2D eigenvalue weighted by molar-refractivity contribution is 0.439. The van der Waals surface area contributed by atoms with E-state index in [9.17, 15) is 0 Å². The molecule has 2 rings (SSSR count). The van der Waals surface area contributed by atoms with E-state index in [4.69, 9.17) is 4.98 Å². The van der Waals surface area contributed by atoms with Crippen molar-refractivity contribution in [1.29, 1.82) is 0 Å². The van der Waals surface area contributed by atoms with Gasteiger partial charge in [0.2, 0.25) is 5.95 Å². The second-order valence-corrected chi connectivity index (χ2v) is 5.82. The van der Waals surface area contributed by atoms with Crippen molar-refractivity contribution < 1.29 is 0 Å². The van der Waals surface area contributed by atoms with Gasteiger partial charge in [-0.15, -0.1) is 5.10 Å². The molecule has 0 spiro atoms. The van der Waals surface area contributed by atoms with Crippen molar-refractivity contribution in [3.8, 4) is 0 Å². The van der Waals surface area contributed by atoms with Gasteiger partial charge in [0.1, 0.15) is 5.82 Å². The van der Waals surface area contributed by atoms with Crippen molar-refractivity contribution in [3.05, 3.63) is 5.82 Å². The first-order valence-corrected chi connectivity index (χ1v) is 8.13. The van der Waals surface area contributed by atoms with Gasteiger partial charge in [0.15, 0.2) is 0 Å². The van der Waals surface area contributed by atoms with E-state index in [2.05, 4.69) is 34.3 Å². The lowest BCUT2D eigenvalue weighted by Crippen LogP contribution is -2.41. The summed E-state index contributed by atoms with van der Waals surface area (Å²) < 4.78 is 0. The Balaban J connectivity index is 1.94. The lowest BCUT2D eigenvalue weighted by atomic mass is 9.99. The highest BCUT2D eigenvalue weighted by molar-refractivity contribution is 5.30. The molecule has 0 aliphatic carbocycles. The van der Waals surface area contributed by atoms with E-state index in [1.807, 2.05) is 7.05 Å². The first-order chi connectivity index (χ1) is 9.78. The smallest absolute Gasteiger partial charge is 0.244 e. The normalized spacial score (nSPS) is 18.4. The molecule has 1 atom stereocenters. The SMILES string of the molecule is CCCCC(CC)c1nc(N2CCC(NC)CC2)n[nH]1. The monoisotopic (exact) mass is 279 g/mol. The number of H-pyrrole nitrogens is 1. The van der Waals surface area contributed by atoms with Gasteiger partial charge in [0, 0.05) is 25.0 Å². The van der Waals surface area contributed by atoms with Gasteiger partial charge in [-0.25, -0.2) is 0 Å². The Morgan fingerprint density at radius 2 is 2.10 bits per heavy atom. The first kappa shape index (κ1) is 15.3. The third-order valence-electron chi connectivity index (χ3n) is 4.46. The molecule has 1 unspecified atom stereocenters. The molecule has 114 valence electrons. The Morgan fingerprint density at radius 1 is 1.35 bits per heavy atom. The Bertz CT molecular complexity index is 381. The summed E-state index contributed by atoms with van der Waals surface area (Å²) in [4.78, 5) is 7.05. The third-order valence-corrected chi connectivity index (χ3v) is 4.46. The summed E-state index contributed by atoms with van der Waals surface area (Å²) in [5.41, 5.74) is 0. The zero-order chi connectivity index (χ0) is 14.4. The van der Waals surface area contributed by atoms with Gasteiger partial charge in [0.05, 0.1) is 0 Å². The van der Waals surface area contributed by atoms with Crippen LogP contribution in [0.2, 0.25) is 0 Å². The van der Waals surface area contributed by atoms with Crippen LogP contribution in [0.4, 0.5) is 5.95 Å². The molecule has 0 saturated carbocycles. The maximum Gasteiger partial charge on any atom is 0.244 e. The molecule has 2 heterocycles. The predicted molar refractivity (Wildman–Crippen MR) is 83.2 cm³/mol. The second-order valence-electron chi connectivity index (χ2n) is 5.82. The van der Waals surface area contributed by atoms with E-state index < -0.39 is 0 Å². The number of hydrogen-bond donors (Lipinski definition) is 2. The number of nitrogens with one attached hydrogen (secondary N) is 2. The van der Waals surface area contributed by atoms with Crippen molar-refractivity contribution >= 4 is 5.95 Å². The Hall–Kier alpha value is -1.10. The van der Waals surface area contributed by atoms with Gasteiger partial charge in [0.25, 0.3) is 0 Å². The number of hydrogen-bond acceptors (Lipinski definition) is 4. The molecule has 1 aromatic heterocycles. The molecule has 0 radical (unpaired) electrons. The zero-order valence-corrected chi connectivity index (χ0v) is 13.2. The molecule has 0 amide bonds. The predicted octanol–water partition coefficient (Wildman–Crippen LogP) is 2.68. The summed E-state index contributed by atoms with van der Waals surface area (Å²) in [6.07, 6.45) is 7.21. The molecular formula is C15H29N5. The van der Waals surface area contributed by atoms with E-state index in [-0.39, 0.29) is 0 Å². The van der Waals surface area contributed by atoms with Gasteiger partial charge in [-0.3, -0.25) is 5.10 Å². The van der Waals surface area contributed by atoms with E-state index in [0.29, 0.717) is 12.0 Å². The fourth-order valence-electron chi connectivity index (χ4n) is 2.94. The van der Waals surface area contributed by atoms with Crippen LogP contribution in [-0.4, -0.2) is 41.4 Å². The molecule has 20 heavy (non-hydrogen) atoms. The standard InChI is InChI=1S/C15H29N5/c1-4-6-7-12(5-2)14-17-15(19-18-14)20-10-8-13(16-3)9-11-20/h12-13,16H,4-11H2,1-3H3,(H,17,18,19). The molecule has 5 heteroatoms. The van der Waals surface area contributed by atoms with Crippen molar-refractivity contribution in [1.82, 2.24) is 20.5 Å². The third kappa shape index (κ3) is 3.72. The minimum absolute atomic E-state index is 0.533. The molecule has 1 aliphatic rings. The van der Waals surface area contributed by atoms with E-state index in [1.54, 1.807) is 0 Å². The van der Waals surface area contributed by atoms with Crippen LogP contribution in [0, 0.1) is 0 Å². The Morgan fingerprint density at radius 3 is 2.70 bits per heavy atom. The minimum atomic E-state index is 0.533. The van der Waals surface area contributed by atoms with Crippen LogP contribution in [0.25, 0.3) is 0 Å². The van der Waals surface area contributed by atoms with E-state index in [1.165, 1.54) is 32.1 Å². The molecule has 1 aliphatic heterocycles. The number of rotatable bonds is 7. The molecule has 1 fully saturated rings. The Labute approximate surface area is 122 Å². The van der Waals surface area contributed by atoms with Gasteiger partial charge >= 0.3 is 0 Å². The molecule has 2 N–H and O–H groups in total. The zero-order valence-electron chi connectivity index (χ0n) is 13.2. The molecule has 0 bridgehead atoms. The lowest BCUT2D eigenvalue weighted by Gasteiger charge is -2.30. The van der Waals surface area contributed by atoms with Crippen molar-refractivity contribution in [2.24, 2.45) is 0 Å². The molecule has 1 aromatic rings. The number of unbranched alkanes of at least 4 members (excludes halogenated alkanes) is 1. The van der Waals surface area contributed by atoms with Crippen molar-refractivity contribution in [3.63, 3.8) is 0 Å². The van der Waals surface area contributed by atoms with Crippen LogP contribution in [0.1, 0.15) is 64.1 Å². The molecule has 0 aromatic carbocycles. The number of nitrogens with zero attached hydrogens (tertiary/aromatic N) is 3. The summed E-state index contributed by atoms with van der Waals surface area (Å²) >= 11 is 0. The quantitative estimate of drug-likeness (QED) is 0.805. The van der Waals surface area contributed by atoms with Crippen LogP contribution < -0.4 is 10.2 Å². The van der Waals surface area contributed by atoms with E-state index >= 15 is 0 Å². The van der Waals surface area contributed by atoms with Gasteiger partial charge in [-0.1, -0.05) is 26.7 Å². The first-order valence-electron chi connectivity index (χ1n) is 8.13. The molecule has 1 saturated heterocycles. The topological polar surface area (TPSA) is 56.8 Å². The van der Waals surface area contributed by atoms with Crippen LogP contribution in [0.5, 0.6) is 0 Å². The van der Waals surface area contributed by atoms with Gasteiger partial charge in [-0.2, -0.15) is 4.98 Å². The highest BCUT2D eigenvalue weighted by atomic mass is 15.4. The van der Waals surface area contributed by atoms with Crippen molar-refractivity contribution in [2.45, 2.75) is 64.3 Å². The summed E-state index contributed by atoms with van der Waals surface area (Å²) in [6.45, 7) is 6.58. The second kappa shape index (κ2) is 7.62. The van der Waals surface area contributed by atoms with Crippen LogP contribution in [0.15, 0.2) is 0 Å². The number of aromatic amines is 1. The summed E-state index contributed by atoms with van der Waals surface area (Å²) in [6, 6.07) is 0.651. The van der Waals surface area contributed by atoms with Crippen molar-refractivity contribution in [2.75, 3.05) is 25.0 Å². The van der Waals surface area contributed by atoms with Gasteiger partial charge < -0.3 is 10.2 Å². The van der Waals surface area contributed by atoms with Crippen LogP contribution in [0.3, 0.4) is 0 Å². The highest BCUT2D eigenvalue weighted by Gasteiger charge is 2.22. The maximum atomic E-state index is 4.75. The number of anilines is 1. The average Bonchev–Trinajstić information content (AvgIpc) is 2.98. The molecular weight excluding hydrogens is 250 g/mol. The number of piperidine rings is 1. The van der Waals surface area contributed by atoms with Crippen LogP contribution >= 0.6 is 0 Å². The van der Waals surface area contributed by atoms with E-state index in [0.717, 1.165) is 31.3 Å².